The number of piperazine rings is 1. The lowest BCUT2D eigenvalue weighted by Crippen LogP contribution is -2.47. The number of amides is 1. The van der Waals surface area contributed by atoms with E-state index in [0.717, 1.165) is 101 Å². The number of nitrogens with two attached hydrogens (primary N) is 2. The van der Waals surface area contributed by atoms with Crippen LogP contribution in [0.3, 0.4) is 0 Å². The maximum absolute atomic E-state index is 12.5. The van der Waals surface area contributed by atoms with Crippen LogP contribution in [0.15, 0.2) is 18.3 Å². The summed E-state index contributed by atoms with van der Waals surface area (Å²) in [6.45, 7) is 12.8. The fraction of sp³-hybridized carbons (Fsp3) is 0.633. The highest BCUT2D eigenvalue weighted by molar-refractivity contribution is 6.05. The summed E-state index contributed by atoms with van der Waals surface area (Å²) in [6.07, 6.45) is 6.61. The molecule has 13 heteroatoms. The molecule has 0 spiro atoms. The Morgan fingerprint density at radius 3 is 2.37 bits per heavy atom. The first-order valence-electron chi connectivity index (χ1n) is 15.6. The number of hydrogen-bond acceptors (Lipinski definition) is 11. The molecule has 3 aromatic rings. The highest BCUT2D eigenvalue weighted by Crippen LogP contribution is 2.29. The van der Waals surface area contributed by atoms with Gasteiger partial charge < -0.3 is 36.2 Å². The number of aromatic nitrogens is 5. The van der Waals surface area contributed by atoms with Crippen LogP contribution in [0, 0.1) is 0 Å². The summed E-state index contributed by atoms with van der Waals surface area (Å²) in [5, 5.41) is 8.77. The van der Waals surface area contributed by atoms with Crippen molar-refractivity contribution in [2.75, 3.05) is 76.2 Å². The number of aryl methyl sites for hydroxylation is 1. The molecule has 2 aliphatic heterocycles. The molecule has 5 heterocycles. The molecule has 234 valence electrons. The average Bonchev–Trinajstić information content (AvgIpc) is 3.41. The lowest BCUT2D eigenvalue weighted by Gasteiger charge is -2.34. The molecule has 5 rings (SSSR count). The van der Waals surface area contributed by atoms with E-state index in [0.29, 0.717) is 24.0 Å². The number of carbonyl (C=O) groups excluding carboxylic acids is 1. The minimum absolute atomic E-state index is 0.0370. The third kappa shape index (κ3) is 7.58. The maximum atomic E-state index is 12.5. The van der Waals surface area contributed by atoms with E-state index in [2.05, 4.69) is 30.1 Å². The lowest BCUT2D eigenvalue weighted by molar-refractivity contribution is 0.0816. The molecule has 0 unspecified atom stereocenters. The SMILES string of the molecule is COC1CCN(c2nccc(Nc3cc4c(c(CCCN5CCN(CCCN)CC5)n3)c(C(N)=O)nn4C(C)C)n2)CC1. The minimum Gasteiger partial charge on any atom is -0.381 e. The molecule has 0 saturated carbocycles. The zero-order chi connectivity index (χ0) is 30.3. The zero-order valence-electron chi connectivity index (χ0n) is 25.8. The smallest absolute Gasteiger partial charge is 0.269 e. The van der Waals surface area contributed by atoms with Gasteiger partial charge in [-0.05, 0) is 71.7 Å². The first kappa shape index (κ1) is 31.0. The standard InChI is InChI=1S/C30H47N11O2/c1-21(2)41-24-20-26(35-25-7-11-33-30(36-25)40-14-8-22(43-3)9-15-40)34-23(27(24)28(37-41)29(32)42)6-4-12-38-16-18-39(19-17-38)13-5-10-31/h7,11,20-22H,4-6,8-10,12-19,31H2,1-3H3,(H2,32,42)(H,33,34,35,36). The maximum Gasteiger partial charge on any atom is 0.269 e. The van der Waals surface area contributed by atoms with Gasteiger partial charge in [-0.3, -0.25) is 9.48 Å². The van der Waals surface area contributed by atoms with Crippen molar-refractivity contribution in [1.82, 2.24) is 34.5 Å². The number of carbonyl (C=O) groups is 1. The molecule has 0 aromatic carbocycles. The second-order valence-electron chi connectivity index (χ2n) is 11.8. The fourth-order valence-electron chi connectivity index (χ4n) is 6.06. The van der Waals surface area contributed by atoms with Crippen molar-refractivity contribution in [1.29, 1.82) is 0 Å². The Hall–Kier alpha value is -3.39. The van der Waals surface area contributed by atoms with Gasteiger partial charge in [0.15, 0.2) is 5.69 Å². The Kier molecular flexibility index (Phi) is 10.4. The first-order chi connectivity index (χ1) is 20.9. The molecule has 0 bridgehead atoms. The number of piperidine rings is 1. The van der Waals surface area contributed by atoms with Crippen molar-refractivity contribution < 1.29 is 9.53 Å². The average molecular weight is 594 g/mol. The third-order valence-electron chi connectivity index (χ3n) is 8.48. The van der Waals surface area contributed by atoms with Crippen LogP contribution in [-0.4, -0.2) is 113 Å². The molecule has 1 amide bonds. The predicted molar refractivity (Wildman–Crippen MR) is 169 cm³/mol. The van der Waals surface area contributed by atoms with E-state index in [9.17, 15) is 4.79 Å². The number of ether oxygens (including phenoxy) is 1. The summed E-state index contributed by atoms with van der Waals surface area (Å²) >= 11 is 0. The van der Waals surface area contributed by atoms with Crippen molar-refractivity contribution in [3.05, 3.63) is 29.7 Å². The van der Waals surface area contributed by atoms with Crippen molar-refractivity contribution in [3.63, 3.8) is 0 Å². The lowest BCUT2D eigenvalue weighted by atomic mass is 10.1. The van der Waals surface area contributed by atoms with Gasteiger partial charge in [-0.15, -0.1) is 0 Å². The summed E-state index contributed by atoms with van der Waals surface area (Å²) in [7, 11) is 1.77. The van der Waals surface area contributed by atoms with Crippen molar-refractivity contribution in [2.24, 2.45) is 11.5 Å². The zero-order valence-corrected chi connectivity index (χ0v) is 25.8. The molecule has 2 saturated heterocycles. The number of anilines is 3. The normalized spacial score (nSPS) is 17.3. The molecular weight excluding hydrogens is 546 g/mol. The Labute approximate surface area is 254 Å². The molecule has 5 N–H and O–H groups in total. The van der Waals surface area contributed by atoms with Gasteiger partial charge in [-0.25, -0.2) is 9.97 Å². The van der Waals surface area contributed by atoms with E-state index in [-0.39, 0.29) is 17.8 Å². The van der Waals surface area contributed by atoms with Crippen molar-refractivity contribution in [2.45, 2.75) is 58.1 Å². The molecule has 2 fully saturated rings. The molecule has 13 nitrogen and oxygen atoms in total. The van der Waals surface area contributed by atoms with Gasteiger partial charge >= 0.3 is 0 Å². The highest BCUT2D eigenvalue weighted by Gasteiger charge is 2.24. The van der Waals surface area contributed by atoms with E-state index < -0.39 is 5.91 Å². The van der Waals surface area contributed by atoms with E-state index in [4.69, 9.17) is 26.2 Å². The van der Waals surface area contributed by atoms with Crippen LogP contribution in [0.1, 0.15) is 61.8 Å². The Bertz CT molecular complexity index is 1360. The third-order valence-corrected chi connectivity index (χ3v) is 8.48. The van der Waals surface area contributed by atoms with Crippen molar-refractivity contribution in [3.8, 4) is 0 Å². The van der Waals surface area contributed by atoms with Crippen LogP contribution in [-0.2, 0) is 11.2 Å². The first-order valence-corrected chi connectivity index (χ1v) is 15.6. The number of nitrogens with zero attached hydrogens (tertiary/aromatic N) is 8. The molecule has 0 radical (unpaired) electrons. The van der Waals surface area contributed by atoms with Crippen LogP contribution in [0.2, 0.25) is 0 Å². The summed E-state index contributed by atoms with van der Waals surface area (Å²) in [5.74, 6) is 1.46. The number of fused-ring (bicyclic) bond motifs is 1. The van der Waals surface area contributed by atoms with Gasteiger partial charge in [-0.1, -0.05) is 0 Å². The second-order valence-corrected chi connectivity index (χ2v) is 11.8. The molecule has 43 heavy (non-hydrogen) atoms. The summed E-state index contributed by atoms with van der Waals surface area (Å²) in [4.78, 5) is 34.0. The Morgan fingerprint density at radius 1 is 1.05 bits per heavy atom. The topological polar surface area (TPSA) is 157 Å². The summed E-state index contributed by atoms with van der Waals surface area (Å²) in [5.41, 5.74) is 13.4. The van der Waals surface area contributed by atoms with E-state index in [1.54, 1.807) is 13.3 Å². The molecule has 0 atom stereocenters. The number of hydrogen-bond donors (Lipinski definition) is 3. The van der Waals surface area contributed by atoms with Gasteiger partial charge in [0.25, 0.3) is 5.91 Å². The summed E-state index contributed by atoms with van der Waals surface area (Å²) in [6, 6.07) is 3.82. The molecular formula is C30H47N11O2. The van der Waals surface area contributed by atoms with Gasteiger partial charge in [0.2, 0.25) is 5.95 Å². The summed E-state index contributed by atoms with van der Waals surface area (Å²) < 4.78 is 7.37. The van der Waals surface area contributed by atoms with E-state index in [1.807, 2.05) is 30.7 Å². The van der Waals surface area contributed by atoms with Crippen LogP contribution < -0.4 is 21.7 Å². The number of nitrogens with one attached hydrogen (secondary N) is 1. The van der Waals surface area contributed by atoms with E-state index >= 15 is 0 Å². The number of methoxy groups -OCH3 is 1. The van der Waals surface area contributed by atoms with Crippen molar-refractivity contribution >= 4 is 34.4 Å². The largest absolute Gasteiger partial charge is 0.381 e. The number of rotatable bonds is 13. The minimum atomic E-state index is -0.542. The van der Waals surface area contributed by atoms with Gasteiger partial charge in [0.05, 0.1) is 22.7 Å². The van der Waals surface area contributed by atoms with E-state index in [1.165, 1.54) is 0 Å². The highest BCUT2D eigenvalue weighted by atomic mass is 16.5. The Balaban J connectivity index is 1.35. The van der Waals surface area contributed by atoms with Crippen LogP contribution >= 0.6 is 0 Å². The monoisotopic (exact) mass is 593 g/mol. The van der Waals surface area contributed by atoms with Crippen LogP contribution in [0.25, 0.3) is 10.9 Å². The number of primary amides is 1. The predicted octanol–water partition coefficient (Wildman–Crippen LogP) is 2.16. The number of pyridine rings is 1. The Morgan fingerprint density at radius 2 is 1.74 bits per heavy atom. The molecule has 2 aliphatic rings. The quantitative estimate of drug-likeness (QED) is 0.267. The van der Waals surface area contributed by atoms with Gasteiger partial charge in [0.1, 0.15) is 11.6 Å². The van der Waals surface area contributed by atoms with Gasteiger partial charge in [-0.2, -0.15) is 10.1 Å². The van der Waals surface area contributed by atoms with Crippen LogP contribution in [0.5, 0.6) is 0 Å². The van der Waals surface area contributed by atoms with Crippen LogP contribution in [0.4, 0.5) is 17.6 Å². The fourth-order valence-corrected chi connectivity index (χ4v) is 6.06. The molecule has 0 aliphatic carbocycles. The second kappa shape index (κ2) is 14.4. The van der Waals surface area contributed by atoms with Gasteiger partial charge in [0, 0.05) is 64.7 Å². The molecule has 3 aromatic heterocycles.